The minimum Gasteiger partial charge on any atom is -0.481 e. The molecule has 2 N–H and O–H groups in total. The maximum atomic E-state index is 13.8. The van der Waals surface area contributed by atoms with Crippen LogP contribution < -0.4 is 5.32 Å². The number of aliphatic carboxylic acids is 1. The predicted molar refractivity (Wildman–Crippen MR) is 77.0 cm³/mol. The summed E-state index contributed by atoms with van der Waals surface area (Å²) in [5.41, 5.74) is 0.495. The van der Waals surface area contributed by atoms with E-state index in [0.717, 1.165) is 0 Å². The zero-order valence-corrected chi connectivity index (χ0v) is 12.4. The molecule has 4 nitrogen and oxygen atoms in total. The topological polar surface area (TPSA) is 66.4 Å². The number of carbonyl (C=O) groups is 2. The molecule has 1 aromatic carbocycles. The van der Waals surface area contributed by atoms with Gasteiger partial charge in [0.2, 0.25) is 0 Å². The van der Waals surface area contributed by atoms with E-state index in [1.807, 2.05) is 0 Å². The molecule has 0 spiro atoms. The molecule has 0 radical (unpaired) electrons. The first-order valence-corrected chi connectivity index (χ1v) is 7.26. The number of carbonyl (C=O) groups excluding carboxylic acids is 1. The van der Waals surface area contributed by atoms with Crippen molar-refractivity contribution in [2.24, 2.45) is 5.92 Å². The van der Waals surface area contributed by atoms with Crippen molar-refractivity contribution < 1.29 is 19.1 Å². The Labute approximate surface area is 127 Å². The van der Waals surface area contributed by atoms with Gasteiger partial charge in [-0.15, -0.1) is 0 Å². The van der Waals surface area contributed by atoms with Crippen LogP contribution in [0.5, 0.6) is 0 Å². The first-order chi connectivity index (χ1) is 9.90. The van der Waals surface area contributed by atoms with Gasteiger partial charge in [0.1, 0.15) is 5.82 Å². The molecular formula is C15H17ClFNO3. The largest absolute Gasteiger partial charge is 0.481 e. The van der Waals surface area contributed by atoms with Crippen LogP contribution in [0.3, 0.4) is 0 Å². The molecule has 114 valence electrons. The maximum absolute atomic E-state index is 13.8. The quantitative estimate of drug-likeness (QED) is 0.900. The van der Waals surface area contributed by atoms with E-state index in [1.54, 1.807) is 6.92 Å². The van der Waals surface area contributed by atoms with Crippen LogP contribution in [0.4, 0.5) is 4.39 Å². The molecule has 1 fully saturated rings. The average molecular weight is 314 g/mol. The highest BCUT2D eigenvalue weighted by Crippen LogP contribution is 2.26. The molecule has 1 aromatic rings. The Morgan fingerprint density at radius 1 is 1.29 bits per heavy atom. The van der Waals surface area contributed by atoms with Gasteiger partial charge in [-0.2, -0.15) is 0 Å². The molecule has 21 heavy (non-hydrogen) atoms. The van der Waals surface area contributed by atoms with Crippen LogP contribution in [0.2, 0.25) is 5.02 Å². The summed E-state index contributed by atoms with van der Waals surface area (Å²) in [6, 6.07) is 2.60. The van der Waals surface area contributed by atoms with Gasteiger partial charge < -0.3 is 10.4 Å². The Kier molecular flexibility index (Phi) is 4.83. The lowest BCUT2D eigenvalue weighted by Crippen LogP contribution is -2.39. The number of nitrogens with one attached hydrogen (secondary N) is 1. The fraction of sp³-hybridized carbons (Fsp3) is 0.467. The van der Waals surface area contributed by atoms with E-state index in [-0.39, 0.29) is 22.5 Å². The second-order valence-corrected chi connectivity index (χ2v) is 5.79. The number of carboxylic acids is 1. The van der Waals surface area contributed by atoms with Gasteiger partial charge in [-0.1, -0.05) is 17.7 Å². The maximum Gasteiger partial charge on any atom is 0.306 e. The van der Waals surface area contributed by atoms with Crippen molar-refractivity contribution in [2.75, 3.05) is 0 Å². The number of benzene rings is 1. The van der Waals surface area contributed by atoms with Crippen molar-refractivity contribution in [1.29, 1.82) is 0 Å². The lowest BCUT2D eigenvalue weighted by atomic mass is 9.86. The van der Waals surface area contributed by atoms with Crippen LogP contribution in [0.15, 0.2) is 12.1 Å². The first-order valence-electron chi connectivity index (χ1n) is 6.88. The van der Waals surface area contributed by atoms with Gasteiger partial charge in [-0.05, 0) is 44.2 Å². The highest BCUT2D eigenvalue weighted by Gasteiger charge is 2.28. The third kappa shape index (κ3) is 3.53. The van der Waals surface area contributed by atoms with Crippen LogP contribution in [-0.2, 0) is 4.79 Å². The zero-order chi connectivity index (χ0) is 15.6. The lowest BCUT2D eigenvalue weighted by Gasteiger charge is -2.27. The molecule has 0 aromatic heterocycles. The average Bonchev–Trinajstić information content (AvgIpc) is 2.44. The summed E-state index contributed by atoms with van der Waals surface area (Å²) in [5, 5.41) is 11.8. The van der Waals surface area contributed by atoms with Crippen molar-refractivity contribution >= 4 is 23.5 Å². The fourth-order valence-corrected chi connectivity index (χ4v) is 2.85. The summed E-state index contributed by atoms with van der Waals surface area (Å²) in [6.45, 7) is 1.70. The molecule has 0 aliphatic heterocycles. The van der Waals surface area contributed by atoms with Gasteiger partial charge >= 0.3 is 5.97 Å². The molecule has 1 amide bonds. The SMILES string of the molecule is Cc1ccc(F)c(C(=O)NC2CCC(C(=O)O)CC2)c1Cl. The van der Waals surface area contributed by atoms with E-state index >= 15 is 0 Å². The van der Waals surface area contributed by atoms with Crippen LogP contribution >= 0.6 is 11.6 Å². The van der Waals surface area contributed by atoms with Crippen molar-refractivity contribution in [3.05, 3.63) is 34.1 Å². The Balaban J connectivity index is 2.03. The molecule has 1 aliphatic carbocycles. The summed E-state index contributed by atoms with van der Waals surface area (Å²) in [7, 11) is 0. The number of hydrogen-bond donors (Lipinski definition) is 2. The first kappa shape index (κ1) is 15.8. The Hall–Kier alpha value is -1.62. The minimum absolute atomic E-state index is 0.117. The van der Waals surface area contributed by atoms with Gasteiger partial charge in [0.25, 0.3) is 5.91 Å². The number of amides is 1. The summed E-state index contributed by atoms with van der Waals surface area (Å²) in [4.78, 5) is 23.0. The summed E-state index contributed by atoms with van der Waals surface area (Å²) in [6.07, 6.45) is 2.19. The van der Waals surface area contributed by atoms with E-state index in [9.17, 15) is 14.0 Å². The molecule has 1 saturated carbocycles. The number of aryl methyl sites for hydroxylation is 1. The van der Waals surface area contributed by atoms with Crippen LogP contribution in [0, 0.1) is 18.7 Å². The third-order valence-corrected chi connectivity index (χ3v) is 4.41. The summed E-state index contributed by atoms with van der Waals surface area (Å²) >= 11 is 6.00. The van der Waals surface area contributed by atoms with E-state index in [4.69, 9.17) is 16.7 Å². The number of rotatable bonds is 3. The van der Waals surface area contributed by atoms with Crippen molar-refractivity contribution in [3.63, 3.8) is 0 Å². The second-order valence-electron chi connectivity index (χ2n) is 5.41. The van der Waals surface area contributed by atoms with Crippen molar-refractivity contribution in [3.8, 4) is 0 Å². The van der Waals surface area contributed by atoms with E-state index < -0.39 is 17.7 Å². The van der Waals surface area contributed by atoms with Crippen LogP contribution in [0.1, 0.15) is 41.6 Å². The molecule has 0 unspecified atom stereocenters. The van der Waals surface area contributed by atoms with Gasteiger partial charge in [0.05, 0.1) is 16.5 Å². The molecule has 0 heterocycles. The van der Waals surface area contributed by atoms with Gasteiger partial charge in [0.15, 0.2) is 0 Å². The zero-order valence-electron chi connectivity index (χ0n) is 11.7. The highest BCUT2D eigenvalue weighted by molar-refractivity contribution is 6.34. The minimum atomic E-state index is -0.799. The van der Waals surface area contributed by atoms with E-state index in [0.29, 0.717) is 31.2 Å². The lowest BCUT2D eigenvalue weighted by molar-refractivity contribution is -0.142. The standard InChI is InChI=1S/C15H17ClFNO3/c1-8-2-7-11(17)12(13(8)16)14(19)18-10-5-3-9(4-6-10)15(20)21/h2,7,9-10H,3-6H2,1H3,(H,18,19)(H,20,21). The molecule has 1 aliphatic rings. The Morgan fingerprint density at radius 3 is 2.48 bits per heavy atom. The molecule has 2 rings (SSSR count). The summed E-state index contributed by atoms with van der Waals surface area (Å²) < 4.78 is 13.8. The number of hydrogen-bond acceptors (Lipinski definition) is 2. The highest BCUT2D eigenvalue weighted by atomic mass is 35.5. The molecule has 0 saturated heterocycles. The normalized spacial score (nSPS) is 21.9. The fourth-order valence-electron chi connectivity index (χ4n) is 2.61. The third-order valence-electron chi connectivity index (χ3n) is 3.92. The Bertz CT molecular complexity index is 568. The molecular weight excluding hydrogens is 297 g/mol. The monoisotopic (exact) mass is 313 g/mol. The van der Waals surface area contributed by atoms with Gasteiger partial charge in [-0.3, -0.25) is 9.59 Å². The van der Waals surface area contributed by atoms with Crippen LogP contribution in [0.25, 0.3) is 0 Å². The number of halogens is 2. The van der Waals surface area contributed by atoms with E-state index in [2.05, 4.69) is 5.32 Å². The molecule has 6 heteroatoms. The van der Waals surface area contributed by atoms with Crippen LogP contribution in [-0.4, -0.2) is 23.0 Å². The predicted octanol–water partition coefficient (Wildman–Crippen LogP) is 3.16. The Morgan fingerprint density at radius 2 is 1.90 bits per heavy atom. The molecule has 0 bridgehead atoms. The van der Waals surface area contributed by atoms with Gasteiger partial charge in [-0.25, -0.2) is 4.39 Å². The molecule has 0 atom stereocenters. The van der Waals surface area contributed by atoms with Crippen molar-refractivity contribution in [1.82, 2.24) is 5.32 Å². The number of carboxylic acid groups (broad SMARTS) is 1. The van der Waals surface area contributed by atoms with Gasteiger partial charge in [0, 0.05) is 6.04 Å². The summed E-state index contributed by atoms with van der Waals surface area (Å²) in [5.74, 6) is -2.34. The van der Waals surface area contributed by atoms with E-state index in [1.165, 1.54) is 12.1 Å². The smallest absolute Gasteiger partial charge is 0.306 e. The van der Waals surface area contributed by atoms with Crippen molar-refractivity contribution in [2.45, 2.75) is 38.6 Å². The second kappa shape index (κ2) is 6.43.